The van der Waals surface area contributed by atoms with Gasteiger partial charge in [-0.25, -0.2) is 9.59 Å². The molecule has 0 aliphatic heterocycles. The molecule has 1 atom stereocenters. The number of nitrogens with one attached hydrogen (secondary N) is 2. The zero-order chi connectivity index (χ0) is 28.6. The molecule has 0 aliphatic carbocycles. The maximum atomic E-state index is 13.4. The number of rotatable bonds is 7. The first-order valence-corrected chi connectivity index (χ1v) is 10.5. The van der Waals surface area contributed by atoms with Crippen molar-refractivity contribution in [1.29, 1.82) is 0 Å². The molecule has 0 saturated carbocycles. The van der Waals surface area contributed by atoms with E-state index in [1.165, 1.54) is 12.1 Å². The van der Waals surface area contributed by atoms with Crippen molar-refractivity contribution in [2.45, 2.75) is 24.9 Å². The summed E-state index contributed by atoms with van der Waals surface area (Å²) in [5.41, 5.74) is 4.56. The Balaban J connectivity index is 0.000000856. The Kier molecular flexibility index (Phi) is 10.9. The van der Waals surface area contributed by atoms with Crippen LogP contribution in [-0.2, 0) is 27.0 Å². The van der Waals surface area contributed by atoms with Crippen LogP contribution in [0.2, 0.25) is 0 Å². The van der Waals surface area contributed by atoms with E-state index in [0.29, 0.717) is 23.0 Å². The van der Waals surface area contributed by atoms with Crippen molar-refractivity contribution in [3.8, 4) is 5.75 Å². The third-order valence-electron chi connectivity index (χ3n) is 4.10. The number of aliphatic carboxylic acids is 1. The van der Waals surface area contributed by atoms with Crippen LogP contribution in [0.1, 0.15) is 30.5 Å². The fourth-order valence-electron chi connectivity index (χ4n) is 2.40. The monoisotopic (exact) mass is 559 g/mol. The van der Waals surface area contributed by atoms with Crippen LogP contribution in [0.15, 0.2) is 30.3 Å². The highest BCUT2D eigenvalue weighted by atomic mass is 32.1. The fourth-order valence-corrected chi connectivity index (χ4v) is 3.40. The first kappa shape index (κ1) is 31.2. The molecule has 1 aromatic carbocycles. The Hall–Kier alpha value is -3.86. The van der Waals surface area contributed by atoms with E-state index < -0.39 is 52.6 Å². The molecule has 0 unspecified atom stereocenters. The summed E-state index contributed by atoms with van der Waals surface area (Å²) < 4.78 is 76.3. The zero-order valence-corrected chi connectivity index (χ0v) is 19.4. The van der Waals surface area contributed by atoms with Gasteiger partial charge in [0.15, 0.2) is 0 Å². The second-order valence-electron chi connectivity index (χ2n) is 6.79. The lowest BCUT2D eigenvalue weighted by molar-refractivity contribution is -0.192. The Morgan fingerprint density at radius 2 is 1.68 bits per heavy atom. The molecule has 0 spiro atoms. The van der Waals surface area contributed by atoms with Crippen LogP contribution >= 0.6 is 11.3 Å². The summed E-state index contributed by atoms with van der Waals surface area (Å²) in [6.45, 7) is -0.437. The standard InChI is InChI=1S/C18H18F3N3O5S.C2HF3O2/c1-29-17(28)12(7-22)24-16(27)14-11(18(19,20)21)6-13(30-14)15(26)23-8-9-3-2-4-10(25)5-9;3-2(4,5)1(6)7/h2-6,12,25H,7-8,22H2,1H3,(H,23,26)(H,24,27);(H,6,7)/t12-;/m0./s1. The van der Waals surface area contributed by atoms with Gasteiger partial charge in [-0.2, -0.15) is 26.3 Å². The topological polar surface area (TPSA) is 168 Å². The lowest BCUT2D eigenvalue weighted by Crippen LogP contribution is -2.46. The van der Waals surface area contributed by atoms with Crippen LogP contribution in [-0.4, -0.2) is 59.8 Å². The molecule has 2 amide bonds. The molecule has 1 heterocycles. The van der Waals surface area contributed by atoms with Crippen molar-refractivity contribution in [3.63, 3.8) is 0 Å². The summed E-state index contributed by atoms with van der Waals surface area (Å²) in [5, 5.41) is 21.0. The number of ether oxygens (including phenoxy) is 1. The molecule has 0 bridgehead atoms. The number of benzene rings is 1. The van der Waals surface area contributed by atoms with E-state index in [2.05, 4.69) is 15.4 Å². The van der Waals surface area contributed by atoms with Gasteiger partial charge in [0.25, 0.3) is 11.8 Å². The predicted octanol–water partition coefficient (Wildman–Crippen LogP) is 2.27. The minimum absolute atomic E-state index is 0.0312. The maximum Gasteiger partial charge on any atom is 0.490 e. The van der Waals surface area contributed by atoms with Crippen LogP contribution in [0.25, 0.3) is 0 Å². The van der Waals surface area contributed by atoms with Crippen molar-refractivity contribution in [3.05, 3.63) is 51.2 Å². The molecular formula is C20H19F6N3O7S. The maximum absolute atomic E-state index is 13.4. The third kappa shape index (κ3) is 9.60. The number of carbonyl (C=O) groups is 4. The number of phenols is 1. The number of methoxy groups -OCH3 is 1. The van der Waals surface area contributed by atoms with Crippen LogP contribution in [0.5, 0.6) is 5.75 Å². The van der Waals surface area contributed by atoms with E-state index in [0.717, 1.165) is 7.11 Å². The SMILES string of the molecule is COC(=O)[C@H](CN)NC(=O)c1sc(C(=O)NCc2cccc(O)c2)cc1C(F)(F)F.O=C(O)C(F)(F)F. The number of alkyl halides is 6. The Morgan fingerprint density at radius 3 is 2.14 bits per heavy atom. The highest BCUT2D eigenvalue weighted by Crippen LogP contribution is 2.37. The van der Waals surface area contributed by atoms with Gasteiger partial charge in [0, 0.05) is 13.1 Å². The van der Waals surface area contributed by atoms with E-state index in [1.54, 1.807) is 12.1 Å². The van der Waals surface area contributed by atoms with E-state index >= 15 is 0 Å². The molecular weight excluding hydrogens is 540 g/mol. The minimum atomic E-state index is -5.08. The zero-order valence-electron chi connectivity index (χ0n) is 18.6. The van der Waals surface area contributed by atoms with Gasteiger partial charge < -0.3 is 31.3 Å². The van der Waals surface area contributed by atoms with Gasteiger partial charge in [-0.1, -0.05) is 12.1 Å². The summed E-state index contributed by atoms with van der Waals surface area (Å²) in [5.74, 6) is -5.75. The van der Waals surface area contributed by atoms with Gasteiger partial charge in [0.1, 0.15) is 16.7 Å². The molecule has 6 N–H and O–H groups in total. The smallest absolute Gasteiger partial charge is 0.490 e. The molecule has 2 aromatic rings. The number of aromatic hydroxyl groups is 1. The summed E-state index contributed by atoms with van der Waals surface area (Å²) in [6, 6.07) is 5.18. The number of carbonyl (C=O) groups excluding carboxylic acids is 3. The van der Waals surface area contributed by atoms with Gasteiger partial charge in [-0.15, -0.1) is 11.3 Å². The molecule has 204 valence electrons. The van der Waals surface area contributed by atoms with E-state index in [1.807, 2.05) is 0 Å². The van der Waals surface area contributed by atoms with Crippen LogP contribution in [0.3, 0.4) is 0 Å². The van der Waals surface area contributed by atoms with Crippen LogP contribution < -0.4 is 16.4 Å². The summed E-state index contributed by atoms with van der Waals surface area (Å²) in [4.78, 5) is 43.9. The van der Waals surface area contributed by atoms with Crippen molar-refractivity contribution < 1.29 is 60.5 Å². The molecule has 0 saturated heterocycles. The van der Waals surface area contributed by atoms with E-state index in [9.17, 15) is 45.8 Å². The van der Waals surface area contributed by atoms with Gasteiger partial charge in [0.05, 0.1) is 17.6 Å². The second-order valence-corrected chi connectivity index (χ2v) is 7.84. The molecule has 0 fully saturated rings. The summed E-state index contributed by atoms with van der Waals surface area (Å²) >= 11 is 0.326. The number of nitrogens with two attached hydrogens (primary N) is 1. The number of carboxylic acid groups (broad SMARTS) is 1. The Bertz CT molecular complexity index is 1130. The molecule has 2 rings (SSSR count). The molecule has 0 aliphatic rings. The number of carboxylic acids is 1. The average Bonchev–Trinajstić information content (AvgIpc) is 3.27. The lowest BCUT2D eigenvalue weighted by atomic mass is 10.2. The number of phenolic OH excluding ortho intramolecular Hbond substituents is 1. The first-order valence-electron chi connectivity index (χ1n) is 9.67. The number of halogens is 6. The van der Waals surface area contributed by atoms with Crippen molar-refractivity contribution in [2.24, 2.45) is 5.73 Å². The molecule has 17 heteroatoms. The number of hydrogen-bond acceptors (Lipinski definition) is 8. The largest absolute Gasteiger partial charge is 0.508 e. The number of hydrogen-bond donors (Lipinski definition) is 5. The number of thiophene rings is 1. The lowest BCUT2D eigenvalue weighted by Gasteiger charge is -2.14. The van der Waals surface area contributed by atoms with E-state index in [4.69, 9.17) is 15.6 Å². The van der Waals surface area contributed by atoms with Gasteiger partial charge in [-0.05, 0) is 23.8 Å². The minimum Gasteiger partial charge on any atom is -0.508 e. The summed E-state index contributed by atoms with van der Waals surface area (Å²) in [6.07, 6.45) is -9.99. The van der Waals surface area contributed by atoms with Crippen LogP contribution in [0, 0.1) is 0 Å². The Labute approximate surface area is 208 Å². The van der Waals surface area contributed by atoms with Gasteiger partial charge in [0.2, 0.25) is 0 Å². The van der Waals surface area contributed by atoms with Crippen molar-refractivity contribution >= 4 is 35.1 Å². The molecule has 37 heavy (non-hydrogen) atoms. The number of amides is 2. The summed E-state index contributed by atoms with van der Waals surface area (Å²) in [7, 11) is 1.04. The number of esters is 1. The van der Waals surface area contributed by atoms with Crippen LogP contribution in [0.4, 0.5) is 26.3 Å². The van der Waals surface area contributed by atoms with Gasteiger partial charge in [-0.3, -0.25) is 9.59 Å². The third-order valence-corrected chi connectivity index (χ3v) is 5.23. The molecule has 0 radical (unpaired) electrons. The highest BCUT2D eigenvalue weighted by molar-refractivity contribution is 7.16. The van der Waals surface area contributed by atoms with E-state index in [-0.39, 0.29) is 23.7 Å². The van der Waals surface area contributed by atoms with Crippen molar-refractivity contribution in [2.75, 3.05) is 13.7 Å². The first-order chi connectivity index (χ1) is 17.0. The average molecular weight is 559 g/mol. The quantitative estimate of drug-likeness (QED) is 0.254. The molecule has 10 nitrogen and oxygen atoms in total. The van der Waals surface area contributed by atoms with Gasteiger partial charge >= 0.3 is 24.3 Å². The predicted molar refractivity (Wildman–Crippen MR) is 115 cm³/mol. The second kappa shape index (κ2) is 12.9. The van der Waals surface area contributed by atoms with Crippen molar-refractivity contribution in [1.82, 2.24) is 10.6 Å². The Morgan fingerprint density at radius 1 is 1.08 bits per heavy atom. The molecule has 1 aromatic heterocycles. The highest BCUT2D eigenvalue weighted by Gasteiger charge is 2.39. The fraction of sp³-hybridized carbons (Fsp3) is 0.300. The normalized spacial score (nSPS) is 12.0.